The van der Waals surface area contributed by atoms with Crippen molar-refractivity contribution in [2.45, 2.75) is 0 Å². The average Bonchev–Trinajstić information content (AvgIpc) is 2.36. The van der Waals surface area contributed by atoms with E-state index in [0.29, 0.717) is 0 Å². The highest BCUT2D eigenvalue weighted by Crippen LogP contribution is 2.11. The van der Waals surface area contributed by atoms with E-state index in [1.165, 1.54) is 12.1 Å². The number of nitrogen functional groups attached to an aromatic ring is 1. The van der Waals surface area contributed by atoms with Gasteiger partial charge in [0.05, 0.1) is 5.69 Å². The molecule has 1 aromatic carbocycles. The predicted octanol–water partition coefficient (Wildman–Crippen LogP) is 0.632. The van der Waals surface area contributed by atoms with Crippen LogP contribution in [0.5, 0.6) is 0 Å². The van der Waals surface area contributed by atoms with Crippen LogP contribution >= 0.6 is 11.6 Å². The summed E-state index contributed by atoms with van der Waals surface area (Å²) in [5.41, 5.74) is 7.50. The molecule has 105 valence electrons. The standard InChI is InChI=1S/C9H8ClN6O3S/c10-7-12-8(11)14-9(13-7)15-19-20(17,18)16-6-4-2-1-3-5-6/h1-5H,(H3,11,12,13,14,15). The van der Waals surface area contributed by atoms with E-state index in [-0.39, 0.29) is 22.9 Å². The molecule has 1 radical (unpaired) electrons. The molecule has 0 amide bonds. The molecule has 0 aliphatic carbocycles. The highest BCUT2D eigenvalue weighted by molar-refractivity contribution is 7.84. The summed E-state index contributed by atoms with van der Waals surface area (Å²) < 4.78 is 30.9. The Morgan fingerprint density at radius 1 is 1.20 bits per heavy atom. The maximum atomic E-state index is 11.6. The van der Waals surface area contributed by atoms with E-state index in [2.05, 4.69) is 24.0 Å². The summed E-state index contributed by atoms with van der Waals surface area (Å²) in [4.78, 5) is 10.6. The minimum Gasteiger partial charge on any atom is -0.368 e. The van der Waals surface area contributed by atoms with E-state index >= 15 is 0 Å². The third-order valence-electron chi connectivity index (χ3n) is 1.84. The van der Waals surface area contributed by atoms with Crippen LogP contribution in [0, 0.1) is 0 Å². The van der Waals surface area contributed by atoms with E-state index in [9.17, 15) is 8.42 Å². The second kappa shape index (κ2) is 5.86. The maximum Gasteiger partial charge on any atom is 0.402 e. The molecule has 11 heteroatoms. The van der Waals surface area contributed by atoms with Crippen LogP contribution in [0.15, 0.2) is 30.3 Å². The molecular weight excluding hydrogens is 308 g/mol. The molecule has 3 N–H and O–H groups in total. The van der Waals surface area contributed by atoms with Gasteiger partial charge in [0.15, 0.2) is 0 Å². The van der Waals surface area contributed by atoms with E-state index in [1.807, 2.05) is 5.48 Å². The summed E-state index contributed by atoms with van der Waals surface area (Å²) in [5, 5.41) is -0.207. The lowest BCUT2D eigenvalue weighted by atomic mass is 10.3. The van der Waals surface area contributed by atoms with Crippen molar-refractivity contribution in [3.05, 3.63) is 35.6 Å². The number of anilines is 2. The topological polar surface area (TPSA) is 134 Å². The number of aromatic nitrogens is 3. The molecule has 0 unspecified atom stereocenters. The second-order valence-corrected chi connectivity index (χ2v) is 4.87. The summed E-state index contributed by atoms with van der Waals surface area (Å²) >= 11 is 5.52. The molecule has 2 aromatic rings. The van der Waals surface area contributed by atoms with Crippen molar-refractivity contribution in [1.82, 2.24) is 19.7 Å². The largest absolute Gasteiger partial charge is 0.402 e. The molecule has 0 atom stereocenters. The van der Waals surface area contributed by atoms with Gasteiger partial charge in [0.1, 0.15) is 0 Å². The van der Waals surface area contributed by atoms with E-state index in [4.69, 9.17) is 17.3 Å². The van der Waals surface area contributed by atoms with Gasteiger partial charge in [-0.15, -0.1) is 9.01 Å². The molecule has 1 aromatic heterocycles. The van der Waals surface area contributed by atoms with Crippen LogP contribution in [0.25, 0.3) is 0 Å². The average molecular weight is 316 g/mol. The number of hydrogen-bond acceptors (Lipinski definition) is 8. The minimum atomic E-state index is -4.23. The van der Waals surface area contributed by atoms with Gasteiger partial charge in [-0.05, 0) is 23.7 Å². The smallest absolute Gasteiger partial charge is 0.368 e. The summed E-state index contributed by atoms with van der Waals surface area (Å²) in [5.74, 6) is -0.442. The Bertz CT molecular complexity index is 676. The van der Waals surface area contributed by atoms with E-state index in [0.717, 1.165) is 0 Å². The zero-order valence-corrected chi connectivity index (χ0v) is 11.3. The number of nitrogens with zero attached hydrogens (tertiary/aromatic N) is 4. The molecule has 2 rings (SSSR count). The van der Waals surface area contributed by atoms with Gasteiger partial charge in [0, 0.05) is 0 Å². The zero-order valence-electron chi connectivity index (χ0n) is 9.76. The lowest BCUT2D eigenvalue weighted by molar-refractivity contribution is 0.381. The van der Waals surface area contributed by atoms with Crippen LogP contribution in [0.1, 0.15) is 0 Å². The van der Waals surface area contributed by atoms with Gasteiger partial charge in [0.2, 0.25) is 11.2 Å². The Hall–Kier alpha value is -2.17. The Balaban J connectivity index is 2.02. The molecule has 0 aliphatic rings. The van der Waals surface area contributed by atoms with Crippen LogP contribution < -0.4 is 15.9 Å². The van der Waals surface area contributed by atoms with Gasteiger partial charge in [-0.1, -0.05) is 18.2 Å². The zero-order chi connectivity index (χ0) is 14.6. The first-order valence-electron chi connectivity index (χ1n) is 5.09. The Kier molecular flexibility index (Phi) is 4.17. The molecule has 0 saturated carbocycles. The first kappa shape index (κ1) is 14.2. The van der Waals surface area contributed by atoms with Crippen LogP contribution in [0.4, 0.5) is 17.6 Å². The van der Waals surface area contributed by atoms with Gasteiger partial charge >= 0.3 is 10.3 Å². The SMILES string of the molecule is Nc1nc(Cl)nc(NOS(=O)(=O)[N]c2ccccc2)n1. The number of nitrogens with one attached hydrogen (secondary N) is 1. The van der Waals surface area contributed by atoms with Crippen molar-refractivity contribution in [3.63, 3.8) is 0 Å². The van der Waals surface area contributed by atoms with E-state index < -0.39 is 10.3 Å². The highest BCUT2D eigenvalue weighted by Gasteiger charge is 2.15. The highest BCUT2D eigenvalue weighted by atomic mass is 35.5. The summed E-state index contributed by atoms with van der Waals surface area (Å²) in [6.45, 7) is 0. The lowest BCUT2D eigenvalue weighted by Crippen LogP contribution is -2.20. The number of hydrogen-bond donors (Lipinski definition) is 2. The minimum absolute atomic E-state index is 0.187. The van der Waals surface area contributed by atoms with Crippen molar-refractivity contribution in [2.75, 3.05) is 11.2 Å². The maximum absolute atomic E-state index is 11.6. The first-order chi connectivity index (χ1) is 9.44. The van der Waals surface area contributed by atoms with E-state index in [1.54, 1.807) is 18.2 Å². The van der Waals surface area contributed by atoms with Crippen LogP contribution in [-0.2, 0) is 14.6 Å². The lowest BCUT2D eigenvalue weighted by Gasteiger charge is -2.06. The van der Waals surface area contributed by atoms with Crippen molar-refractivity contribution in [3.8, 4) is 0 Å². The number of benzene rings is 1. The molecule has 0 saturated heterocycles. The Morgan fingerprint density at radius 3 is 2.55 bits per heavy atom. The third-order valence-corrected chi connectivity index (χ3v) is 2.73. The summed E-state index contributed by atoms with van der Waals surface area (Å²) in [6.07, 6.45) is 0. The number of halogens is 1. The van der Waals surface area contributed by atoms with Crippen LogP contribution in [0.3, 0.4) is 0 Å². The molecule has 0 bridgehead atoms. The fraction of sp³-hybridized carbons (Fsp3) is 0. The number of nitrogens with two attached hydrogens (primary N) is 1. The molecule has 0 spiro atoms. The molecule has 9 nitrogen and oxygen atoms in total. The van der Waals surface area contributed by atoms with Gasteiger partial charge in [-0.25, -0.2) is 5.48 Å². The second-order valence-electron chi connectivity index (χ2n) is 3.33. The van der Waals surface area contributed by atoms with Crippen LogP contribution in [-0.4, -0.2) is 23.4 Å². The monoisotopic (exact) mass is 315 g/mol. The molecular formula is C9H8ClN6O3S. The van der Waals surface area contributed by atoms with Gasteiger partial charge in [-0.2, -0.15) is 23.4 Å². The molecule has 0 aliphatic heterocycles. The third kappa shape index (κ3) is 4.19. The first-order valence-corrected chi connectivity index (χ1v) is 6.83. The van der Waals surface area contributed by atoms with Gasteiger partial charge in [-0.3, -0.25) is 0 Å². The predicted molar refractivity (Wildman–Crippen MR) is 71.1 cm³/mol. The quantitative estimate of drug-likeness (QED) is 0.767. The normalized spacial score (nSPS) is 11.1. The van der Waals surface area contributed by atoms with Crippen molar-refractivity contribution < 1.29 is 12.7 Å². The van der Waals surface area contributed by atoms with Crippen molar-refractivity contribution in [1.29, 1.82) is 0 Å². The Labute approximate surface area is 119 Å². The summed E-state index contributed by atoms with van der Waals surface area (Å²) in [6, 6.07) is 7.99. The molecule has 0 fully saturated rings. The van der Waals surface area contributed by atoms with Gasteiger partial charge in [0.25, 0.3) is 5.95 Å². The fourth-order valence-electron chi connectivity index (χ4n) is 1.14. The van der Waals surface area contributed by atoms with Crippen LogP contribution in [0.2, 0.25) is 5.28 Å². The van der Waals surface area contributed by atoms with Crippen molar-refractivity contribution >= 4 is 39.5 Å². The van der Waals surface area contributed by atoms with Crippen molar-refractivity contribution in [2.24, 2.45) is 0 Å². The molecule has 20 heavy (non-hydrogen) atoms. The Morgan fingerprint density at radius 2 is 1.90 bits per heavy atom. The number of rotatable bonds is 5. The molecule has 1 heterocycles. The van der Waals surface area contributed by atoms with Gasteiger partial charge < -0.3 is 5.73 Å². The summed E-state index contributed by atoms with van der Waals surface area (Å²) in [7, 11) is -4.23. The fourth-order valence-corrected chi connectivity index (χ4v) is 1.90.